The van der Waals surface area contributed by atoms with Gasteiger partial charge in [-0.2, -0.15) is 0 Å². The first-order chi connectivity index (χ1) is 11.9. The highest BCUT2D eigenvalue weighted by atomic mass is 16.5. The number of amides is 1. The lowest BCUT2D eigenvalue weighted by molar-refractivity contribution is -0.121. The fourth-order valence-electron chi connectivity index (χ4n) is 2.45. The number of nitrogens with one attached hydrogen (secondary N) is 1. The number of benzene rings is 2. The molecule has 0 aliphatic heterocycles. The van der Waals surface area contributed by atoms with E-state index in [-0.39, 0.29) is 23.9 Å². The van der Waals surface area contributed by atoms with Gasteiger partial charge in [0.25, 0.3) is 0 Å². The van der Waals surface area contributed by atoms with Crippen LogP contribution >= 0.6 is 0 Å². The number of rotatable bonds is 7. The van der Waals surface area contributed by atoms with Crippen molar-refractivity contribution in [1.29, 1.82) is 0 Å². The molecule has 0 saturated carbocycles. The third-order valence-electron chi connectivity index (χ3n) is 3.85. The van der Waals surface area contributed by atoms with Gasteiger partial charge < -0.3 is 19.9 Å². The average molecular weight is 343 g/mol. The molecule has 0 aliphatic carbocycles. The second-order valence-corrected chi connectivity index (χ2v) is 5.58. The van der Waals surface area contributed by atoms with Crippen LogP contribution in [0.4, 0.5) is 0 Å². The zero-order chi connectivity index (χ0) is 18.4. The molecule has 2 aromatic rings. The van der Waals surface area contributed by atoms with E-state index < -0.39 is 5.97 Å². The Morgan fingerprint density at radius 3 is 2.24 bits per heavy atom. The van der Waals surface area contributed by atoms with Gasteiger partial charge >= 0.3 is 5.97 Å². The van der Waals surface area contributed by atoms with Gasteiger partial charge in [-0.25, -0.2) is 4.79 Å². The molecule has 2 rings (SSSR count). The van der Waals surface area contributed by atoms with Crippen LogP contribution in [0.2, 0.25) is 0 Å². The summed E-state index contributed by atoms with van der Waals surface area (Å²) in [7, 11) is 3.13. The van der Waals surface area contributed by atoms with Gasteiger partial charge in [-0.15, -0.1) is 0 Å². The van der Waals surface area contributed by atoms with Gasteiger partial charge in [0.05, 0.1) is 32.2 Å². The Balaban J connectivity index is 2.01. The van der Waals surface area contributed by atoms with E-state index in [2.05, 4.69) is 5.32 Å². The molecule has 0 heterocycles. The highest BCUT2D eigenvalue weighted by Crippen LogP contribution is 2.29. The van der Waals surface area contributed by atoms with E-state index in [0.717, 1.165) is 11.1 Å². The van der Waals surface area contributed by atoms with Crippen molar-refractivity contribution in [3.05, 3.63) is 59.2 Å². The number of methoxy groups -OCH3 is 2. The minimum absolute atomic E-state index is 0.148. The number of carboxylic acids is 1. The number of hydrogen-bond donors (Lipinski definition) is 2. The second-order valence-electron chi connectivity index (χ2n) is 5.58. The van der Waals surface area contributed by atoms with E-state index in [1.54, 1.807) is 32.4 Å². The Kier molecular flexibility index (Phi) is 6.00. The molecule has 0 aromatic heterocycles. The molecule has 1 amide bonds. The number of carboxylic acid groups (broad SMARTS) is 1. The first-order valence-corrected chi connectivity index (χ1v) is 7.78. The van der Waals surface area contributed by atoms with Crippen molar-refractivity contribution >= 4 is 11.9 Å². The van der Waals surface area contributed by atoms with E-state index >= 15 is 0 Å². The van der Waals surface area contributed by atoms with Gasteiger partial charge in [0.2, 0.25) is 5.91 Å². The Hall–Kier alpha value is -3.02. The number of aromatic carboxylic acids is 1. The van der Waals surface area contributed by atoms with Gasteiger partial charge in [0.15, 0.2) is 11.5 Å². The summed E-state index contributed by atoms with van der Waals surface area (Å²) in [6.07, 6.45) is 0.178. The average Bonchev–Trinajstić information content (AvgIpc) is 2.61. The van der Waals surface area contributed by atoms with Crippen LogP contribution in [-0.4, -0.2) is 31.2 Å². The van der Waals surface area contributed by atoms with Crippen LogP contribution in [0.5, 0.6) is 11.5 Å². The molecule has 1 atom stereocenters. The van der Waals surface area contributed by atoms with Crippen LogP contribution in [0.15, 0.2) is 42.5 Å². The Bertz CT molecular complexity index is 755. The molecule has 0 spiro atoms. The third-order valence-corrected chi connectivity index (χ3v) is 3.85. The van der Waals surface area contributed by atoms with Crippen molar-refractivity contribution in [3.63, 3.8) is 0 Å². The lowest BCUT2D eigenvalue weighted by Gasteiger charge is -2.16. The first-order valence-electron chi connectivity index (χ1n) is 7.78. The van der Waals surface area contributed by atoms with E-state index in [1.807, 2.05) is 19.1 Å². The SMILES string of the molecule is COc1ccc(C(C)NC(=O)Cc2ccc(C(=O)O)cc2)cc1OC. The summed E-state index contributed by atoms with van der Waals surface area (Å²) < 4.78 is 10.5. The molecule has 1 unspecified atom stereocenters. The maximum absolute atomic E-state index is 12.2. The number of carbonyl (C=O) groups is 2. The largest absolute Gasteiger partial charge is 0.493 e. The molecular formula is C19H21NO5. The topological polar surface area (TPSA) is 84.9 Å². The molecule has 0 bridgehead atoms. The van der Waals surface area contributed by atoms with Crippen LogP contribution in [-0.2, 0) is 11.2 Å². The minimum atomic E-state index is -0.988. The molecule has 6 nitrogen and oxygen atoms in total. The quantitative estimate of drug-likeness (QED) is 0.807. The summed E-state index contributed by atoms with van der Waals surface area (Å²) >= 11 is 0. The highest BCUT2D eigenvalue weighted by molar-refractivity contribution is 5.87. The molecule has 2 aromatic carbocycles. The lowest BCUT2D eigenvalue weighted by atomic mass is 10.1. The highest BCUT2D eigenvalue weighted by Gasteiger charge is 2.13. The normalized spacial score (nSPS) is 11.5. The van der Waals surface area contributed by atoms with Crippen molar-refractivity contribution < 1.29 is 24.2 Å². The fraction of sp³-hybridized carbons (Fsp3) is 0.263. The summed E-state index contributed by atoms with van der Waals surface area (Å²) in [6.45, 7) is 1.88. The summed E-state index contributed by atoms with van der Waals surface area (Å²) in [5.74, 6) is 0.0945. The molecule has 0 saturated heterocycles. The Labute approximate surface area is 146 Å². The minimum Gasteiger partial charge on any atom is -0.493 e. The smallest absolute Gasteiger partial charge is 0.335 e. The van der Waals surface area contributed by atoms with E-state index in [9.17, 15) is 9.59 Å². The predicted molar refractivity (Wildman–Crippen MR) is 93.2 cm³/mol. The van der Waals surface area contributed by atoms with Crippen molar-refractivity contribution in [2.24, 2.45) is 0 Å². The first kappa shape index (κ1) is 18.3. The number of ether oxygens (including phenoxy) is 2. The molecule has 6 heteroatoms. The van der Waals surface area contributed by atoms with E-state index in [0.29, 0.717) is 11.5 Å². The predicted octanol–water partition coefficient (Wildman–Crippen LogP) is 2.82. The Morgan fingerprint density at radius 1 is 1.04 bits per heavy atom. The summed E-state index contributed by atoms with van der Waals surface area (Å²) in [4.78, 5) is 23.0. The molecule has 25 heavy (non-hydrogen) atoms. The maximum atomic E-state index is 12.2. The van der Waals surface area contributed by atoms with Crippen LogP contribution in [0.3, 0.4) is 0 Å². The van der Waals surface area contributed by atoms with Gasteiger partial charge in [-0.1, -0.05) is 18.2 Å². The van der Waals surface area contributed by atoms with Crippen LogP contribution < -0.4 is 14.8 Å². The molecule has 0 aliphatic rings. The van der Waals surface area contributed by atoms with Gasteiger partial charge in [-0.05, 0) is 42.3 Å². The molecule has 132 valence electrons. The van der Waals surface area contributed by atoms with Crippen molar-refractivity contribution in [2.75, 3.05) is 14.2 Å². The summed E-state index contributed by atoms with van der Waals surface area (Å²) in [5, 5.41) is 11.8. The van der Waals surface area contributed by atoms with Crippen LogP contribution in [0, 0.1) is 0 Å². The zero-order valence-corrected chi connectivity index (χ0v) is 14.4. The van der Waals surface area contributed by atoms with Crippen molar-refractivity contribution in [3.8, 4) is 11.5 Å². The van der Waals surface area contributed by atoms with Crippen LogP contribution in [0.25, 0.3) is 0 Å². The molecule has 0 fully saturated rings. The standard InChI is InChI=1S/C19H21NO5/c1-12(15-8-9-16(24-2)17(11-15)25-3)20-18(21)10-13-4-6-14(7-5-13)19(22)23/h4-9,11-12H,10H2,1-3H3,(H,20,21)(H,22,23). The maximum Gasteiger partial charge on any atom is 0.335 e. The van der Waals surface area contributed by atoms with Gasteiger partial charge in [0.1, 0.15) is 0 Å². The Morgan fingerprint density at radius 2 is 1.68 bits per heavy atom. The summed E-state index contributed by atoms with van der Waals surface area (Å²) in [6, 6.07) is 11.5. The molecule has 2 N–H and O–H groups in total. The fourth-order valence-corrected chi connectivity index (χ4v) is 2.45. The van der Waals surface area contributed by atoms with E-state index in [1.165, 1.54) is 12.1 Å². The zero-order valence-electron chi connectivity index (χ0n) is 14.4. The van der Waals surface area contributed by atoms with Crippen LogP contribution in [0.1, 0.15) is 34.5 Å². The number of carbonyl (C=O) groups excluding carboxylic acids is 1. The van der Waals surface area contributed by atoms with Gasteiger partial charge in [-0.3, -0.25) is 4.79 Å². The second kappa shape index (κ2) is 8.19. The monoisotopic (exact) mass is 343 g/mol. The number of hydrogen-bond acceptors (Lipinski definition) is 4. The molecule has 0 radical (unpaired) electrons. The van der Waals surface area contributed by atoms with Crippen molar-refractivity contribution in [1.82, 2.24) is 5.32 Å². The molecular weight excluding hydrogens is 322 g/mol. The third kappa shape index (κ3) is 4.73. The lowest BCUT2D eigenvalue weighted by Crippen LogP contribution is -2.28. The summed E-state index contributed by atoms with van der Waals surface area (Å²) in [5.41, 5.74) is 1.84. The van der Waals surface area contributed by atoms with Crippen molar-refractivity contribution in [2.45, 2.75) is 19.4 Å². The van der Waals surface area contributed by atoms with E-state index in [4.69, 9.17) is 14.6 Å². The van der Waals surface area contributed by atoms with Gasteiger partial charge in [0, 0.05) is 0 Å².